The Morgan fingerprint density at radius 1 is 1.14 bits per heavy atom. The van der Waals surface area contributed by atoms with Crippen molar-refractivity contribution in [3.05, 3.63) is 76.3 Å². The van der Waals surface area contributed by atoms with Crippen LogP contribution >= 0.6 is 11.6 Å². The number of aromatic nitrogens is 4. The number of anilines is 2. The molecule has 1 atom stereocenters. The monoisotopic (exact) mass is 518 g/mol. The lowest BCUT2D eigenvalue weighted by molar-refractivity contribution is 0.167. The minimum absolute atomic E-state index is 0.270. The number of nitrogens with one attached hydrogen (secondary N) is 1. The van der Waals surface area contributed by atoms with Crippen molar-refractivity contribution in [1.29, 1.82) is 0 Å². The van der Waals surface area contributed by atoms with Crippen LogP contribution in [0.15, 0.2) is 47.4 Å². The van der Waals surface area contributed by atoms with Crippen LogP contribution in [0.3, 0.4) is 0 Å². The largest absolute Gasteiger partial charge is 0.484 e. The molecule has 1 aliphatic carbocycles. The van der Waals surface area contributed by atoms with Crippen LogP contribution in [0.1, 0.15) is 53.8 Å². The van der Waals surface area contributed by atoms with Gasteiger partial charge in [0.05, 0.1) is 28.6 Å². The molecule has 1 N–H and O–H groups in total. The van der Waals surface area contributed by atoms with E-state index in [0.717, 1.165) is 29.7 Å². The van der Waals surface area contributed by atoms with Crippen molar-refractivity contribution in [1.82, 2.24) is 20.1 Å². The van der Waals surface area contributed by atoms with Gasteiger partial charge in [-0.3, -0.25) is 9.88 Å². The number of rotatable bonds is 4. The summed E-state index contributed by atoms with van der Waals surface area (Å²) < 4.78 is 25.4. The Hall–Kier alpha value is -4.05. The van der Waals surface area contributed by atoms with Gasteiger partial charge in [0.25, 0.3) is 0 Å². The van der Waals surface area contributed by atoms with Crippen LogP contribution < -0.4 is 15.0 Å². The normalized spacial score (nSPS) is 18.6. The Kier molecular flexibility index (Phi) is 5.10. The number of fused-ring (bicyclic) bond motifs is 2. The molecule has 3 aliphatic rings. The third-order valence-corrected chi connectivity index (χ3v) is 7.27. The maximum absolute atomic E-state index is 14.4. The average Bonchev–Trinajstić information content (AvgIpc) is 3.60. The maximum atomic E-state index is 14.4. The number of aryl methyl sites for hydroxylation is 1. The minimum atomic E-state index is -0.520. The molecular weight excluding hydrogens is 499 g/mol. The smallest absolute Gasteiger partial charge is 0.326 e. The first-order valence-electron chi connectivity index (χ1n) is 12.0. The number of benzene rings is 1. The summed E-state index contributed by atoms with van der Waals surface area (Å²) in [6.45, 7) is 0.295. The Morgan fingerprint density at radius 2 is 2.03 bits per heavy atom. The summed E-state index contributed by atoms with van der Waals surface area (Å²) in [6.07, 6.45) is 5.57. The number of hydrogen-bond donors (Lipinski definition) is 1. The predicted molar refractivity (Wildman–Crippen MR) is 132 cm³/mol. The first kappa shape index (κ1) is 22.2. The van der Waals surface area contributed by atoms with Gasteiger partial charge < -0.3 is 14.6 Å². The van der Waals surface area contributed by atoms with E-state index in [-0.39, 0.29) is 11.7 Å². The van der Waals surface area contributed by atoms with Crippen molar-refractivity contribution in [2.24, 2.45) is 0 Å². The lowest BCUT2D eigenvalue weighted by Crippen LogP contribution is -2.39. The SMILES string of the molecule is O=C1Nc2cc(-c3ncon3)nc(C3CC3)c2CN1c1cc2c(cc1Cl)CCC(c1ncccc1F)O2. The molecule has 2 amide bonds. The zero-order valence-corrected chi connectivity index (χ0v) is 20.2. The van der Waals surface area contributed by atoms with E-state index in [9.17, 15) is 9.18 Å². The van der Waals surface area contributed by atoms with Gasteiger partial charge in [-0.05, 0) is 55.5 Å². The third kappa shape index (κ3) is 3.88. The van der Waals surface area contributed by atoms with Crippen LogP contribution in [0.25, 0.3) is 11.5 Å². The number of hydrogen-bond acceptors (Lipinski definition) is 7. The fourth-order valence-corrected chi connectivity index (χ4v) is 5.28. The molecule has 9 nitrogen and oxygen atoms in total. The summed E-state index contributed by atoms with van der Waals surface area (Å²) in [6, 6.07) is 7.94. The zero-order chi connectivity index (χ0) is 25.1. The summed E-state index contributed by atoms with van der Waals surface area (Å²) in [5, 5.41) is 7.32. The van der Waals surface area contributed by atoms with E-state index in [0.29, 0.717) is 59.0 Å². The first-order valence-corrected chi connectivity index (χ1v) is 12.4. The second-order valence-electron chi connectivity index (χ2n) is 9.39. The molecule has 1 unspecified atom stereocenters. The van der Waals surface area contributed by atoms with E-state index < -0.39 is 11.9 Å². The van der Waals surface area contributed by atoms with Crippen LogP contribution in [-0.4, -0.2) is 26.1 Å². The molecule has 0 radical (unpaired) electrons. The molecule has 7 rings (SSSR count). The molecule has 0 saturated heterocycles. The summed E-state index contributed by atoms with van der Waals surface area (Å²) in [5.41, 5.74) is 4.76. The van der Waals surface area contributed by atoms with Crippen molar-refractivity contribution in [2.45, 2.75) is 44.2 Å². The number of halogens is 2. The molecular formula is C26H20ClFN6O3. The molecule has 186 valence electrons. The molecule has 11 heteroatoms. The topological polar surface area (TPSA) is 106 Å². The number of ether oxygens (including phenoxy) is 1. The number of nitrogens with zero attached hydrogens (tertiary/aromatic N) is 5. The van der Waals surface area contributed by atoms with Crippen LogP contribution in [0.5, 0.6) is 5.75 Å². The Morgan fingerprint density at radius 3 is 2.81 bits per heavy atom. The minimum Gasteiger partial charge on any atom is -0.484 e. The van der Waals surface area contributed by atoms with Crippen molar-refractivity contribution in [3.8, 4) is 17.3 Å². The number of carbonyl (C=O) groups excluding carboxylic acids is 1. The Labute approximate surface area is 215 Å². The van der Waals surface area contributed by atoms with Crippen molar-refractivity contribution < 1.29 is 18.4 Å². The van der Waals surface area contributed by atoms with Crippen molar-refractivity contribution >= 4 is 29.0 Å². The van der Waals surface area contributed by atoms with E-state index >= 15 is 0 Å². The van der Waals surface area contributed by atoms with E-state index in [1.807, 2.05) is 6.07 Å². The van der Waals surface area contributed by atoms with E-state index in [1.54, 1.807) is 29.3 Å². The number of urea groups is 1. The molecule has 1 fully saturated rings. The number of carbonyl (C=O) groups is 1. The standard InChI is InChI=1S/C26H20ClFN6O3/c27-16-8-14-5-6-21(24-17(28)2-1-7-29-24)37-22(14)10-20(16)34-11-15-18(32-26(34)35)9-19(25-30-12-36-33-25)31-23(15)13-3-4-13/h1-2,7-10,12-13,21H,3-6,11H2,(H,32,35). The molecule has 37 heavy (non-hydrogen) atoms. The second kappa shape index (κ2) is 8.52. The summed E-state index contributed by atoms with van der Waals surface area (Å²) >= 11 is 6.68. The molecule has 0 spiro atoms. The van der Waals surface area contributed by atoms with Gasteiger partial charge in [0.1, 0.15) is 29.1 Å². The molecule has 4 aromatic rings. The van der Waals surface area contributed by atoms with Gasteiger partial charge in [-0.25, -0.2) is 14.2 Å². The highest BCUT2D eigenvalue weighted by Gasteiger charge is 2.36. The van der Waals surface area contributed by atoms with Gasteiger partial charge >= 0.3 is 6.03 Å². The molecule has 0 bridgehead atoms. The summed E-state index contributed by atoms with van der Waals surface area (Å²) in [4.78, 5) is 28.0. The Balaban J connectivity index is 1.24. The van der Waals surface area contributed by atoms with Gasteiger partial charge in [0.15, 0.2) is 0 Å². The lowest BCUT2D eigenvalue weighted by atomic mass is 9.98. The molecule has 2 aliphatic heterocycles. The van der Waals surface area contributed by atoms with Gasteiger partial charge in [-0.2, -0.15) is 4.98 Å². The molecule has 1 saturated carbocycles. The van der Waals surface area contributed by atoms with Crippen LogP contribution in [0.4, 0.5) is 20.6 Å². The van der Waals surface area contributed by atoms with Gasteiger partial charge in [-0.1, -0.05) is 16.8 Å². The van der Waals surface area contributed by atoms with Gasteiger partial charge in [0, 0.05) is 23.7 Å². The quantitative estimate of drug-likeness (QED) is 0.363. The maximum Gasteiger partial charge on any atom is 0.326 e. The fraction of sp³-hybridized carbons (Fsp3) is 0.269. The van der Waals surface area contributed by atoms with Gasteiger partial charge in [0.2, 0.25) is 12.2 Å². The van der Waals surface area contributed by atoms with E-state index in [2.05, 4.69) is 20.4 Å². The van der Waals surface area contributed by atoms with Gasteiger partial charge in [-0.15, -0.1) is 0 Å². The summed E-state index contributed by atoms with van der Waals surface area (Å²) in [5.74, 6) is 0.841. The van der Waals surface area contributed by atoms with Crippen molar-refractivity contribution in [3.63, 3.8) is 0 Å². The highest BCUT2D eigenvalue weighted by molar-refractivity contribution is 6.34. The third-order valence-electron chi connectivity index (χ3n) is 6.97. The van der Waals surface area contributed by atoms with E-state index in [4.69, 9.17) is 25.8 Å². The highest BCUT2D eigenvalue weighted by Crippen LogP contribution is 2.46. The Bertz CT molecular complexity index is 1540. The molecule has 3 aromatic heterocycles. The number of amides is 2. The van der Waals surface area contributed by atoms with Crippen molar-refractivity contribution in [2.75, 3.05) is 10.2 Å². The summed E-state index contributed by atoms with van der Waals surface area (Å²) in [7, 11) is 0. The zero-order valence-electron chi connectivity index (χ0n) is 19.4. The number of pyridine rings is 2. The second-order valence-corrected chi connectivity index (χ2v) is 9.80. The molecule has 5 heterocycles. The van der Waals surface area contributed by atoms with Crippen LogP contribution in [0.2, 0.25) is 5.02 Å². The predicted octanol–water partition coefficient (Wildman–Crippen LogP) is 5.81. The highest BCUT2D eigenvalue weighted by atomic mass is 35.5. The fourth-order valence-electron chi connectivity index (χ4n) is 4.99. The van der Waals surface area contributed by atoms with Crippen LogP contribution in [-0.2, 0) is 13.0 Å². The average molecular weight is 519 g/mol. The van der Waals surface area contributed by atoms with Crippen LogP contribution in [0, 0.1) is 5.82 Å². The molecule has 1 aromatic carbocycles. The first-order chi connectivity index (χ1) is 18.0. The van der Waals surface area contributed by atoms with E-state index in [1.165, 1.54) is 12.5 Å². The lowest BCUT2D eigenvalue weighted by Gasteiger charge is -2.33.